The zero-order chi connectivity index (χ0) is 14.0. The minimum Gasteiger partial charge on any atom is -0.326 e. The van der Waals surface area contributed by atoms with Gasteiger partial charge in [0.15, 0.2) is 0 Å². The minimum atomic E-state index is -0.693. The summed E-state index contributed by atoms with van der Waals surface area (Å²) < 4.78 is 0. The van der Waals surface area contributed by atoms with Crippen LogP contribution in [-0.2, 0) is 16.1 Å². The Balaban J connectivity index is 2.22. The number of nitrogens with zero attached hydrogens (tertiary/aromatic N) is 2. The van der Waals surface area contributed by atoms with Crippen LogP contribution in [0.4, 0.5) is 0 Å². The molecule has 1 aliphatic heterocycles. The van der Waals surface area contributed by atoms with Gasteiger partial charge in [-0.2, -0.15) is 0 Å². The van der Waals surface area contributed by atoms with Crippen molar-refractivity contribution in [2.45, 2.75) is 19.5 Å². The van der Waals surface area contributed by atoms with E-state index in [1.165, 1.54) is 17.2 Å². The monoisotopic (exact) mass is 262 g/mol. The van der Waals surface area contributed by atoms with Gasteiger partial charge in [-0.3, -0.25) is 24.7 Å². The molecule has 0 bridgehead atoms. The van der Waals surface area contributed by atoms with Gasteiger partial charge in [0.2, 0.25) is 11.8 Å². The van der Waals surface area contributed by atoms with Crippen LogP contribution >= 0.6 is 0 Å². The molecule has 1 aliphatic rings. The second-order valence-corrected chi connectivity index (χ2v) is 4.28. The van der Waals surface area contributed by atoms with Crippen molar-refractivity contribution < 1.29 is 14.4 Å². The molecule has 1 unspecified atom stereocenters. The van der Waals surface area contributed by atoms with Crippen LogP contribution in [0.3, 0.4) is 0 Å². The van der Waals surface area contributed by atoms with Crippen molar-refractivity contribution in [2.75, 3.05) is 6.54 Å². The van der Waals surface area contributed by atoms with Gasteiger partial charge in [-0.1, -0.05) is 6.07 Å². The molecule has 1 saturated heterocycles. The Labute approximate surface area is 109 Å². The van der Waals surface area contributed by atoms with Crippen LogP contribution in [0.25, 0.3) is 0 Å². The summed E-state index contributed by atoms with van der Waals surface area (Å²) in [6.45, 7) is 1.75. The van der Waals surface area contributed by atoms with Crippen LogP contribution in [0.5, 0.6) is 0 Å². The Morgan fingerprint density at radius 3 is 2.84 bits per heavy atom. The maximum Gasteiger partial charge on any atom is 0.273 e. The van der Waals surface area contributed by atoms with E-state index in [2.05, 4.69) is 10.3 Å². The van der Waals surface area contributed by atoms with Crippen LogP contribution in [0.15, 0.2) is 18.3 Å². The molecule has 7 nitrogen and oxygen atoms in total. The molecule has 7 heteroatoms. The molecule has 100 valence electrons. The average molecular weight is 262 g/mol. The molecule has 1 aromatic heterocycles. The number of piperazine rings is 1. The summed E-state index contributed by atoms with van der Waals surface area (Å²) in [7, 11) is 0. The highest BCUT2D eigenvalue weighted by atomic mass is 16.2. The van der Waals surface area contributed by atoms with Crippen molar-refractivity contribution in [2.24, 2.45) is 5.73 Å². The highest BCUT2D eigenvalue weighted by Gasteiger charge is 2.34. The number of pyridine rings is 1. The third-order valence-electron chi connectivity index (χ3n) is 2.96. The lowest BCUT2D eigenvalue weighted by Crippen LogP contribution is -2.58. The van der Waals surface area contributed by atoms with Gasteiger partial charge in [0, 0.05) is 12.7 Å². The van der Waals surface area contributed by atoms with Gasteiger partial charge < -0.3 is 10.6 Å². The quantitative estimate of drug-likeness (QED) is 0.667. The summed E-state index contributed by atoms with van der Waals surface area (Å²) >= 11 is 0. The molecule has 1 aromatic rings. The average Bonchev–Trinajstić information content (AvgIpc) is 2.42. The lowest BCUT2D eigenvalue weighted by atomic mass is 10.1. The molecule has 0 radical (unpaired) electrons. The van der Waals surface area contributed by atoms with Gasteiger partial charge in [-0.25, -0.2) is 0 Å². The number of rotatable bonds is 2. The highest BCUT2D eigenvalue weighted by molar-refractivity contribution is 6.06. The number of carbonyl (C=O) groups is 3. The van der Waals surface area contributed by atoms with Gasteiger partial charge in [-0.15, -0.1) is 0 Å². The Morgan fingerprint density at radius 2 is 2.26 bits per heavy atom. The van der Waals surface area contributed by atoms with E-state index < -0.39 is 23.8 Å². The number of amides is 3. The first kappa shape index (κ1) is 13.2. The molecular formula is C12H14N4O3. The fraction of sp³-hybridized carbons (Fsp3) is 0.333. The molecular weight excluding hydrogens is 248 g/mol. The van der Waals surface area contributed by atoms with E-state index in [1.807, 2.05) is 0 Å². The molecule has 1 atom stereocenters. The second kappa shape index (κ2) is 5.15. The standard InChI is InChI=1S/C12H14N4O3/c1-7-11(18)15-10(17)6-16(7)12(19)9-3-2-8(4-13)5-14-9/h2-3,5,7H,4,6,13H2,1H3,(H,15,17,18). The van der Waals surface area contributed by atoms with E-state index in [0.29, 0.717) is 6.54 Å². The Hall–Kier alpha value is -2.28. The predicted molar refractivity (Wildman–Crippen MR) is 65.8 cm³/mol. The lowest BCUT2D eigenvalue weighted by molar-refractivity contribution is -0.138. The molecule has 0 spiro atoms. The highest BCUT2D eigenvalue weighted by Crippen LogP contribution is 2.10. The fourth-order valence-corrected chi connectivity index (χ4v) is 1.78. The smallest absolute Gasteiger partial charge is 0.273 e. The van der Waals surface area contributed by atoms with Crippen LogP contribution in [0, 0.1) is 0 Å². The predicted octanol–water partition coefficient (Wildman–Crippen LogP) is -0.973. The number of nitrogens with one attached hydrogen (secondary N) is 1. The molecule has 19 heavy (non-hydrogen) atoms. The number of hydrogen-bond donors (Lipinski definition) is 2. The van der Waals surface area contributed by atoms with Crippen molar-refractivity contribution in [3.63, 3.8) is 0 Å². The second-order valence-electron chi connectivity index (χ2n) is 4.28. The molecule has 2 rings (SSSR count). The SMILES string of the molecule is CC1C(=O)NC(=O)CN1C(=O)c1ccc(CN)cn1. The summed E-state index contributed by atoms with van der Waals surface area (Å²) in [5, 5.41) is 2.17. The molecule has 3 N–H and O–H groups in total. The number of hydrogen-bond acceptors (Lipinski definition) is 5. The largest absolute Gasteiger partial charge is 0.326 e. The topological polar surface area (TPSA) is 105 Å². The first-order valence-corrected chi connectivity index (χ1v) is 5.82. The zero-order valence-corrected chi connectivity index (χ0v) is 10.4. The first-order valence-electron chi connectivity index (χ1n) is 5.82. The van der Waals surface area contributed by atoms with Crippen molar-refractivity contribution in [3.8, 4) is 0 Å². The summed E-state index contributed by atoms with van der Waals surface area (Å²) in [5.74, 6) is -1.42. The number of aromatic nitrogens is 1. The summed E-state index contributed by atoms with van der Waals surface area (Å²) in [5.41, 5.74) is 6.43. The summed E-state index contributed by atoms with van der Waals surface area (Å²) in [4.78, 5) is 40.2. The van der Waals surface area contributed by atoms with E-state index in [-0.39, 0.29) is 12.2 Å². The van der Waals surface area contributed by atoms with Crippen molar-refractivity contribution in [3.05, 3.63) is 29.6 Å². The molecule has 0 saturated carbocycles. The molecule has 2 heterocycles. The van der Waals surface area contributed by atoms with Crippen LogP contribution in [0.2, 0.25) is 0 Å². The van der Waals surface area contributed by atoms with Gasteiger partial charge in [0.05, 0.1) is 0 Å². The van der Waals surface area contributed by atoms with E-state index in [1.54, 1.807) is 13.0 Å². The van der Waals surface area contributed by atoms with Crippen molar-refractivity contribution >= 4 is 17.7 Å². The lowest BCUT2D eigenvalue weighted by Gasteiger charge is -2.31. The van der Waals surface area contributed by atoms with E-state index in [4.69, 9.17) is 5.73 Å². The normalized spacial score (nSPS) is 19.3. The van der Waals surface area contributed by atoms with Gasteiger partial charge in [0.25, 0.3) is 5.91 Å². The maximum absolute atomic E-state index is 12.2. The molecule has 3 amide bonds. The van der Waals surface area contributed by atoms with Crippen molar-refractivity contribution in [1.29, 1.82) is 0 Å². The fourth-order valence-electron chi connectivity index (χ4n) is 1.78. The van der Waals surface area contributed by atoms with Crippen LogP contribution < -0.4 is 11.1 Å². The number of carbonyl (C=O) groups excluding carboxylic acids is 3. The third kappa shape index (κ3) is 2.60. The maximum atomic E-state index is 12.2. The molecule has 0 aliphatic carbocycles. The van der Waals surface area contributed by atoms with Gasteiger partial charge >= 0.3 is 0 Å². The Bertz CT molecular complexity index is 526. The number of imide groups is 1. The third-order valence-corrected chi connectivity index (χ3v) is 2.96. The van der Waals surface area contributed by atoms with Crippen molar-refractivity contribution in [1.82, 2.24) is 15.2 Å². The minimum absolute atomic E-state index is 0.147. The number of nitrogens with two attached hydrogens (primary N) is 1. The zero-order valence-electron chi connectivity index (χ0n) is 10.4. The van der Waals surface area contributed by atoms with Gasteiger partial charge in [-0.05, 0) is 18.6 Å². The Kier molecular flexibility index (Phi) is 3.57. The first-order chi connectivity index (χ1) is 9.02. The molecule has 1 fully saturated rings. The van der Waals surface area contributed by atoms with Gasteiger partial charge in [0.1, 0.15) is 18.3 Å². The van der Waals surface area contributed by atoms with Crippen LogP contribution in [-0.4, -0.2) is 40.2 Å². The Morgan fingerprint density at radius 1 is 1.53 bits per heavy atom. The summed E-state index contributed by atoms with van der Waals surface area (Å²) in [6, 6.07) is 2.53. The van der Waals surface area contributed by atoms with E-state index in [9.17, 15) is 14.4 Å². The summed E-state index contributed by atoms with van der Waals surface area (Å²) in [6.07, 6.45) is 1.50. The van der Waals surface area contributed by atoms with E-state index in [0.717, 1.165) is 5.56 Å². The van der Waals surface area contributed by atoms with Crippen LogP contribution in [0.1, 0.15) is 23.0 Å². The van der Waals surface area contributed by atoms with E-state index >= 15 is 0 Å². The molecule has 0 aromatic carbocycles.